The van der Waals surface area contributed by atoms with Gasteiger partial charge in [0, 0.05) is 19.6 Å². The molecule has 1 amide bonds. The quantitative estimate of drug-likeness (QED) is 0.720. The third kappa shape index (κ3) is 3.35. The molecule has 1 rings (SSSR count). The number of amides is 1. The molecule has 88 valence electrons. The maximum absolute atomic E-state index is 12.1. The van der Waals surface area contributed by atoms with Crippen LogP contribution >= 0.6 is 0 Å². The van der Waals surface area contributed by atoms with Gasteiger partial charge in [-0.05, 0) is 7.05 Å². The van der Waals surface area contributed by atoms with Crippen LogP contribution in [0.3, 0.4) is 0 Å². The van der Waals surface area contributed by atoms with Crippen molar-refractivity contribution in [2.24, 2.45) is 0 Å². The van der Waals surface area contributed by atoms with E-state index in [1.165, 1.54) is 0 Å². The van der Waals surface area contributed by atoms with E-state index in [1.54, 1.807) is 7.05 Å². The van der Waals surface area contributed by atoms with Crippen molar-refractivity contribution in [3.8, 4) is 0 Å². The summed E-state index contributed by atoms with van der Waals surface area (Å²) in [5, 5.41) is 2.79. The van der Waals surface area contributed by atoms with Crippen LogP contribution in [0.4, 0.5) is 13.2 Å². The number of likely N-dealkylation sites (N-methyl/N-ethyl adjacent to an activating group) is 1. The first-order valence-electron chi connectivity index (χ1n) is 4.57. The topological polar surface area (TPSA) is 41.6 Å². The van der Waals surface area contributed by atoms with E-state index in [2.05, 4.69) is 5.32 Å². The number of rotatable bonds is 2. The highest BCUT2D eigenvalue weighted by atomic mass is 19.4. The Kier molecular flexibility index (Phi) is 3.92. The lowest BCUT2D eigenvalue weighted by Gasteiger charge is -2.33. The molecular formula is C8H13F3N2O2. The summed E-state index contributed by atoms with van der Waals surface area (Å²) in [6.07, 6.45) is -5.16. The normalized spacial score (nSPS) is 22.9. The van der Waals surface area contributed by atoms with Crippen LogP contribution in [0.5, 0.6) is 0 Å². The fourth-order valence-electron chi connectivity index (χ4n) is 1.43. The summed E-state index contributed by atoms with van der Waals surface area (Å²) in [5.74, 6) is -1.79. The predicted octanol–water partition coefficient (Wildman–Crippen LogP) is -0.00450. The SMILES string of the molecule is CNC[C@@H]1CN(C(=O)C(F)(F)F)CCO1. The molecule has 15 heavy (non-hydrogen) atoms. The number of hydrogen-bond donors (Lipinski definition) is 1. The van der Waals surface area contributed by atoms with Gasteiger partial charge in [-0.2, -0.15) is 13.2 Å². The van der Waals surface area contributed by atoms with Crippen molar-refractivity contribution in [3.05, 3.63) is 0 Å². The lowest BCUT2D eigenvalue weighted by Crippen LogP contribution is -2.52. The standard InChI is InChI=1S/C8H13F3N2O2/c1-12-4-6-5-13(2-3-15-6)7(14)8(9,10)11/h6,12H,2-5H2,1H3/t6-/m1/s1. The van der Waals surface area contributed by atoms with Crippen LogP contribution in [0.1, 0.15) is 0 Å². The number of alkyl halides is 3. The summed E-state index contributed by atoms with van der Waals surface area (Å²) < 4.78 is 41.5. The van der Waals surface area contributed by atoms with Crippen LogP contribution in [0.25, 0.3) is 0 Å². The molecule has 1 saturated heterocycles. The highest BCUT2D eigenvalue weighted by molar-refractivity contribution is 5.81. The van der Waals surface area contributed by atoms with E-state index in [9.17, 15) is 18.0 Å². The Morgan fingerprint density at radius 1 is 1.60 bits per heavy atom. The van der Waals surface area contributed by atoms with Crippen molar-refractivity contribution in [2.45, 2.75) is 12.3 Å². The minimum Gasteiger partial charge on any atom is -0.373 e. The number of nitrogens with one attached hydrogen (secondary N) is 1. The summed E-state index contributed by atoms with van der Waals surface area (Å²) >= 11 is 0. The Morgan fingerprint density at radius 2 is 2.27 bits per heavy atom. The van der Waals surface area contributed by atoms with Gasteiger partial charge in [0.05, 0.1) is 12.7 Å². The molecule has 1 N–H and O–H groups in total. The molecule has 0 unspecified atom stereocenters. The van der Waals surface area contributed by atoms with Crippen LogP contribution in [-0.4, -0.2) is 56.4 Å². The van der Waals surface area contributed by atoms with E-state index in [1.807, 2.05) is 0 Å². The third-order valence-electron chi connectivity index (χ3n) is 2.10. The molecule has 0 bridgehead atoms. The number of ether oxygens (including phenoxy) is 1. The Hall–Kier alpha value is -0.820. The third-order valence-corrected chi connectivity index (χ3v) is 2.10. The molecular weight excluding hydrogens is 213 g/mol. The summed E-state index contributed by atoms with van der Waals surface area (Å²) in [4.78, 5) is 11.7. The Labute approximate surface area is 85.4 Å². The largest absolute Gasteiger partial charge is 0.471 e. The molecule has 0 aromatic heterocycles. The zero-order valence-corrected chi connectivity index (χ0v) is 8.30. The molecule has 1 heterocycles. The Morgan fingerprint density at radius 3 is 2.80 bits per heavy atom. The van der Waals surface area contributed by atoms with E-state index in [0.29, 0.717) is 6.54 Å². The van der Waals surface area contributed by atoms with Crippen LogP contribution in [0, 0.1) is 0 Å². The van der Waals surface area contributed by atoms with Crippen LogP contribution in [0.15, 0.2) is 0 Å². The average Bonchev–Trinajstić information content (AvgIpc) is 2.16. The van der Waals surface area contributed by atoms with Gasteiger partial charge in [-0.25, -0.2) is 0 Å². The maximum atomic E-state index is 12.1. The molecule has 0 aromatic rings. The number of carbonyl (C=O) groups excluding carboxylic acids is 1. The van der Waals surface area contributed by atoms with Gasteiger partial charge in [0.15, 0.2) is 0 Å². The van der Waals surface area contributed by atoms with E-state index in [0.717, 1.165) is 4.90 Å². The zero-order chi connectivity index (χ0) is 11.5. The number of hydrogen-bond acceptors (Lipinski definition) is 3. The van der Waals surface area contributed by atoms with Gasteiger partial charge in [-0.3, -0.25) is 4.79 Å². The van der Waals surface area contributed by atoms with E-state index >= 15 is 0 Å². The molecule has 1 fully saturated rings. The molecule has 0 radical (unpaired) electrons. The second-order valence-electron chi connectivity index (χ2n) is 3.30. The van der Waals surface area contributed by atoms with Crippen molar-refractivity contribution in [1.82, 2.24) is 10.2 Å². The first-order valence-corrected chi connectivity index (χ1v) is 4.57. The molecule has 1 aliphatic rings. The maximum Gasteiger partial charge on any atom is 0.471 e. The zero-order valence-electron chi connectivity index (χ0n) is 8.30. The van der Waals surface area contributed by atoms with Gasteiger partial charge < -0.3 is 15.0 Å². The van der Waals surface area contributed by atoms with Crippen molar-refractivity contribution in [3.63, 3.8) is 0 Å². The minimum absolute atomic E-state index is 0.00143. The molecule has 0 spiro atoms. The lowest BCUT2D eigenvalue weighted by molar-refractivity contribution is -0.191. The van der Waals surface area contributed by atoms with Crippen molar-refractivity contribution < 1.29 is 22.7 Å². The van der Waals surface area contributed by atoms with Gasteiger partial charge in [0.25, 0.3) is 0 Å². The van der Waals surface area contributed by atoms with Crippen molar-refractivity contribution >= 4 is 5.91 Å². The van der Waals surface area contributed by atoms with Crippen molar-refractivity contribution in [2.75, 3.05) is 33.3 Å². The van der Waals surface area contributed by atoms with Gasteiger partial charge in [-0.15, -0.1) is 0 Å². The number of carbonyl (C=O) groups is 1. The smallest absolute Gasteiger partial charge is 0.373 e. The van der Waals surface area contributed by atoms with Gasteiger partial charge in [0.1, 0.15) is 0 Å². The number of nitrogens with zero attached hydrogens (tertiary/aromatic N) is 1. The summed E-state index contributed by atoms with van der Waals surface area (Å²) in [6, 6.07) is 0. The first-order chi connectivity index (χ1) is 6.95. The molecule has 0 saturated carbocycles. The predicted molar refractivity (Wildman–Crippen MR) is 46.3 cm³/mol. The highest BCUT2D eigenvalue weighted by Crippen LogP contribution is 2.19. The van der Waals surface area contributed by atoms with E-state index < -0.39 is 12.1 Å². The molecule has 0 aromatic carbocycles. The Bertz CT molecular complexity index is 230. The second kappa shape index (κ2) is 4.80. The molecule has 0 aliphatic carbocycles. The number of morpholine rings is 1. The molecule has 4 nitrogen and oxygen atoms in total. The Balaban J connectivity index is 2.52. The summed E-state index contributed by atoms with van der Waals surface area (Å²) in [5.41, 5.74) is 0. The lowest BCUT2D eigenvalue weighted by atomic mass is 10.2. The fourth-order valence-corrected chi connectivity index (χ4v) is 1.43. The first kappa shape index (κ1) is 12.3. The molecule has 1 atom stereocenters. The molecule has 1 aliphatic heterocycles. The van der Waals surface area contributed by atoms with Gasteiger partial charge in [-0.1, -0.05) is 0 Å². The number of halogens is 3. The van der Waals surface area contributed by atoms with Gasteiger partial charge in [0.2, 0.25) is 0 Å². The van der Waals surface area contributed by atoms with E-state index in [-0.39, 0.29) is 25.8 Å². The fraction of sp³-hybridized carbons (Fsp3) is 0.875. The van der Waals surface area contributed by atoms with Crippen LogP contribution < -0.4 is 5.32 Å². The van der Waals surface area contributed by atoms with E-state index in [4.69, 9.17) is 4.74 Å². The molecule has 7 heteroatoms. The van der Waals surface area contributed by atoms with Crippen LogP contribution in [0.2, 0.25) is 0 Å². The van der Waals surface area contributed by atoms with Crippen molar-refractivity contribution in [1.29, 1.82) is 0 Å². The second-order valence-corrected chi connectivity index (χ2v) is 3.30. The highest BCUT2D eigenvalue weighted by Gasteiger charge is 2.43. The minimum atomic E-state index is -4.79. The average molecular weight is 226 g/mol. The summed E-state index contributed by atoms with van der Waals surface area (Å²) in [7, 11) is 1.67. The van der Waals surface area contributed by atoms with Gasteiger partial charge >= 0.3 is 12.1 Å². The van der Waals surface area contributed by atoms with Crippen LogP contribution in [-0.2, 0) is 9.53 Å². The monoisotopic (exact) mass is 226 g/mol. The summed E-state index contributed by atoms with van der Waals surface area (Å²) in [6.45, 7) is 0.563.